The SMILES string of the molecule is Cc1ccccc1COc1ccc(Cl)cc1C1N=C(NC#N)Nc2nc(N)c(C#N)c(N)c21. The van der Waals surface area contributed by atoms with Crippen LogP contribution in [0.4, 0.5) is 17.3 Å². The second-order valence-corrected chi connectivity index (χ2v) is 7.74. The molecule has 2 aromatic carbocycles. The first-order valence-corrected chi connectivity index (χ1v) is 10.3. The molecule has 0 saturated carbocycles. The Morgan fingerprint density at radius 2 is 2.00 bits per heavy atom. The molecule has 0 amide bonds. The molecule has 10 heteroatoms. The highest BCUT2D eigenvalue weighted by molar-refractivity contribution is 6.30. The number of rotatable bonds is 4. The summed E-state index contributed by atoms with van der Waals surface area (Å²) in [7, 11) is 0. The highest BCUT2D eigenvalue weighted by Gasteiger charge is 2.31. The van der Waals surface area contributed by atoms with Crippen LogP contribution >= 0.6 is 11.6 Å². The predicted octanol–water partition coefficient (Wildman–Crippen LogP) is 3.60. The van der Waals surface area contributed by atoms with Gasteiger partial charge in [0.2, 0.25) is 5.96 Å². The molecule has 0 saturated heterocycles. The molecule has 6 N–H and O–H groups in total. The van der Waals surface area contributed by atoms with Gasteiger partial charge >= 0.3 is 0 Å². The fourth-order valence-electron chi connectivity index (χ4n) is 3.60. The lowest BCUT2D eigenvalue weighted by atomic mass is 9.94. The van der Waals surface area contributed by atoms with E-state index in [0.717, 1.165) is 11.1 Å². The van der Waals surface area contributed by atoms with Crippen molar-refractivity contribution in [3.05, 3.63) is 75.3 Å². The van der Waals surface area contributed by atoms with Crippen molar-refractivity contribution >= 4 is 34.9 Å². The lowest BCUT2D eigenvalue weighted by molar-refractivity contribution is 0.301. The monoisotopic (exact) mass is 458 g/mol. The van der Waals surface area contributed by atoms with Gasteiger partial charge in [-0.05, 0) is 36.2 Å². The van der Waals surface area contributed by atoms with E-state index in [1.165, 1.54) is 0 Å². The van der Waals surface area contributed by atoms with E-state index >= 15 is 0 Å². The van der Waals surface area contributed by atoms with Crippen LogP contribution in [0.15, 0.2) is 47.5 Å². The molecule has 0 aliphatic carbocycles. The zero-order valence-corrected chi connectivity index (χ0v) is 18.3. The third-order valence-electron chi connectivity index (χ3n) is 5.27. The molecular formula is C23H19ClN8O. The number of nitrogen functional groups attached to an aromatic ring is 2. The highest BCUT2D eigenvalue weighted by Crippen LogP contribution is 2.44. The van der Waals surface area contributed by atoms with Crippen molar-refractivity contribution in [3.63, 3.8) is 0 Å². The topological polar surface area (TPSA) is 158 Å². The number of hydrogen-bond acceptors (Lipinski definition) is 9. The Morgan fingerprint density at radius 3 is 2.73 bits per heavy atom. The van der Waals surface area contributed by atoms with Gasteiger partial charge in [-0.3, -0.25) is 5.32 Å². The van der Waals surface area contributed by atoms with Crippen LogP contribution in [0.25, 0.3) is 0 Å². The minimum Gasteiger partial charge on any atom is -0.489 e. The van der Waals surface area contributed by atoms with E-state index in [2.05, 4.69) is 20.6 Å². The molecule has 164 valence electrons. The van der Waals surface area contributed by atoms with Crippen LogP contribution in [0.1, 0.15) is 33.9 Å². The van der Waals surface area contributed by atoms with Gasteiger partial charge in [-0.15, -0.1) is 0 Å². The standard InChI is InChI=1S/C23H19ClN8O/c1-12-4-2-3-5-13(12)10-33-17-7-6-14(24)8-15(17)20-18-19(27)16(9-25)21(28)31-22(18)32-23(30-20)29-11-26/h2-8,20H,10H2,1H3,(H6,27,28,29,30,31,32). The van der Waals surface area contributed by atoms with Crippen molar-refractivity contribution in [2.24, 2.45) is 4.99 Å². The van der Waals surface area contributed by atoms with Crippen molar-refractivity contribution in [1.29, 1.82) is 10.5 Å². The van der Waals surface area contributed by atoms with Gasteiger partial charge in [-0.2, -0.15) is 10.5 Å². The van der Waals surface area contributed by atoms with Gasteiger partial charge in [0, 0.05) is 16.1 Å². The molecule has 3 aromatic rings. The zero-order chi connectivity index (χ0) is 23.5. The van der Waals surface area contributed by atoms with Gasteiger partial charge in [-0.25, -0.2) is 9.98 Å². The van der Waals surface area contributed by atoms with E-state index in [-0.39, 0.29) is 28.8 Å². The number of nitriles is 2. The average molecular weight is 459 g/mol. The molecule has 1 aromatic heterocycles. The Balaban J connectivity index is 1.84. The highest BCUT2D eigenvalue weighted by atomic mass is 35.5. The summed E-state index contributed by atoms with van der Waals surface area (Å²) in [6.45, 7) is 2.33. The maximum atomic E-state index is 9.52. The average Bonchev–Trinajstić information content (AvgIpc) is 2.79. The van der Waals surface area contributed by atoms with Crippen LogP contribution in [0, 0.1) is 29.7 Å². The summed E-state index contributed by atoms with van der Waals surface area (Å²) in [6, 6.07) is 14.3. The summed E-state index contributed by atoms with van der Waals surface area (Å²) >= 11 is 6.32. The lowest BCUT2D eigenvalue weighted by Crippen LogP contribution is -2.33. The van der Waals surface area contributed by atoms with Gasteiger partial charge in [0.05, 0.1) is 5.69 Å². The van der Waals surface area contributed by atoms with E-state index in [4.69, 9.17) is 33.1 Å². The Hall–Kier alpha value is -4.47. The largest absolute Gasteiger partial charge is 0.489 e. The first-order chi connectivity index (χ1) is 15.9. The van der Waals surface area contributed by atoms with Gasteiger partial charge in [0.15, 0.2) is 6.19 Å². The number of ether oxygens (including phenoxy) is 1. The van der Waals surface area contributed by atoms with Crippen LogP contribution in [0.5, 0.6) is 5.75 Å². The van der Waals surface area contributed by atoms with Crippen LogP contribution in [-0.2, 0) is 6.61 Å². The number of guanidine groups is 1. The number of aliphatic imine (C=N–C) groups is 1. The molecule has 0 bridgehead atoms. The maximum absolute atomic E-state index is 9.52. The van der Waals surface area contributed by atoms with E-state index in [1.807, 2.05) is 43.5 Å². The molecule has 9 nitrogen and oxygen atoms in total. The number of nitrogens with two attached hydrogens (primary N) is 2. The Labute approximate surface area is 195 Å². The van der Waals surface area contributed by atoms with Crippen LogP contribution in [0.2, 0.25) is 5.02 Å². The quantitative estimate of drug-likeness (QED) is 0.341. The molecular weight excluding hydrogens is 440 g/mol. The molecule has 1 unspecified atom stereocenters. The van der Waals surface area contributed by atoms with E-state index in [1.54, 1.807) is 18.2 Å². The van der Waals surface area contributed by atoms with Crippen LogP contribution in [-0.4, -0.2) is 10.9 Å². The van der Waals surface area contributed by atoms with E-state index in [9.17, 15) is 5.26 Å². The van der Waals surface area contributed by atoms with Crippen molar-refractivity contribution in [3.8, 4) is 18.0 Å². The molecule has 1 aliphatic rings. The second kappa shape index (κ2) is 8.95. The fraction of sp³-hybridized carbons (Fsp3) is 0.130. The molecule has 1 aliphatic heterocycles. The van der Waals surface area contributed by atoms with Crippen molar-refractivity contribution in [1.82, 2.24) is 10.3 Å². The molecule has 0 spiro atoms. The molecule has 0 radical (unpaired) electrons. The molecule has 33 heavy (non-hydrogen) atoms. The zero-order valence-electron chi connectivity index (χ0n) is 17.6. The number of nitrogens with one attached hydrogen (secondary N) is 2. The van der Waals surface area contributed by atoms with Crippen molar-refractivity contribution < 1.29 is 4.74 Å². The number of nitrogens with zero attached hydrogens (tertiary/aromatic N) is 4. The molecule has 0 fully saturated rings. The fourth-order valence-corrected chi connectivity index (χ4v) is 3.78. The third kappa shape index (κ3) is 4.18. The van der Waals surface area contributed by atoms with Gasteiger partial charge in [0.25, 0.3) is 0 Å². The molecule has 1 atom stereocenters. The normalized spacial score (nSPS) is 14.2. The summed E-state index contributed by atoms with van der Waals surface area (Å²) in [4.78, 5) is 8.86. The first-order valence-electron chi connectivity index (χ1n) is 9.88. The third-order valence-corrected chi connectivity index (χ3v) is 5.50. The first kappa shape index (κ1) is 21.8. The van der Waals surface area contributed by atoms with Gasteiger partial charge in [0.1, 0.15) is 41.7 Å². The van der Waals surface area contributed by atoms with E-state index < -0.39 is 6.04 Å². The number of hydrogen-bond donors (Lipinski definition) is 4. The number of aromatic nitrogens is 1. The van der Waals surface area contributed by atoms with E-state index in [0.29, 0.717) is 28.5 Å². The Kier molecular flexibility index (Phi) is 5.90. The summed E-state index contributed by atoms with van der Waals surface area (Å²) in [6.07, 6.45) is 1.83. The number of aryl methyl sites for hydroxylation is 1. The lowest BCUT2D eigenvalue weighted by Gasteiger charge is -2.27. The second-order valence-electron chi connectivity index (χ2n) is 7.30. The number of halogens is 1. The Morgan fingerprint density at radius 1 is 1.21 bits per heavy atom. The van der Waals surface area contributed by atoms with Gasteiger partial charge in [-0.1, -0.05) is 35.9 Å². The van der Waals surface area contributed by atoms with Crippen molar-refractivity contribution in [2.45, 2.75) is 19.6 Å². The summed E-state index contributed by atoms with van der Waals surface area (Å²) in [5, 5.41) is 24.5. The molecule has 4 rings (SSSR count). The summed E-state index contributed by atoms with van der Waals surface area (Å²) in [5.74, 6) is 0.929. The number of anilines is 3. The van der Waals surface area contributed by atoms with Crippen LogP contribution in [0.3, 0.4) is 0 Å². The number of pyridine rings is 1. The predicted molar refractivity (Wildman–Crippen MR) is 126 cm³/mol. The maximum Gasteiger partial charge on any atom is 0.211 e. The minimum atomic E-state index is -0.761. The van der Waals surface area contributed by atoms with Crippen LogP contribution < -0.4 is 26.8 Å². The Bertz CT molecular complexity index is 1360. The van der Waals surface area contributed by atoms with Gasteiger partial charge < -0.3 is 21.5 Å². The summed E-state index contributed by atoms with van der Waals surface area (Å²) < 4.78 is 6.16. The van der Waals surface area contributed by atoms with Crippen molar-refractivity contribution in [2.75, 3.05) is 16.8 Å². The number of fused-ring (bicyclic) bond motifs is 1. The number of benzene rings is 2. The minimum absolute atomic E-state index is 0.0275. The molecule has 2 heterocycles. The summed E-state index contributed by atoms with van der Waals surface area (Å²) in [5.41, 5.74) is 15.6. The smallest absolute Gasteiger partial charge is 0.211 e.